The van der Waals surface area contributed by atoms with E-state index in [1.54, 1.807) is 19.1 Å². The summed E-state index contributed by atoms with van der Waals surface area (Å²) in [5.74, 6) is -2.68. The van der Waals surface area contributed by atoms with Crippen molar-refractivity contribution in [2.45, 2.75) is 37.0 Å². The van der Waals surface area contributed by atoms with Gasteiger partial charge in [0.05, 0.1) is 24.6 Å². The quantitative estimate of drug-likeness (QED) is 0.344. The lowest BCUT2D eigenvalue weighted by atomic mass is 10.1. The highest BCUT2D eigenvalue weighted by molar-refractivity contribution is 14.1. The summed E-state index contributed by atoms with van der Waals surface area (Å²) in [5.41, 5.74) is 0.518. The fraction of sp³-hybridized carbons (Fsp3) is 0.400. The van der Waals surface area contributed by atoms with Crippen molar-refractivity contribution >= 4 is 49.7 Å². The van der Waals surface area contributed by atoms with Crippen LogP contribution in [0.4, 0.5) is 25.8 Å². The number of benzene rings is 2. The third-order valence-electron chi connectivity index (χ3n) is 5.28. The van der Waals surface area contributed by atoms with E-state index in [4.69, 9.17) is 9.84 Å². The highest BCUT2D eigenvalue weighted by atomic mass is 127. The van der Waals surface area contributed by atoms with Gasteiger partial charge in [0.2, 0.25) is 10.0 Å². The predicted molar refractivity (Wildman–Crippen MR) is 122 cm³/mol. The van der Waals surface area contributed by atoms with Crippen LogP contribution in [0.5, 0.6) is 5.75 Å². The van der Waals surface area contributed by atoms with Crippen LogP contribution in [0.1, 0.15) is 24.8 Å². The Morgan fingerprint density at radius 2 is 1.94 bits per heavy atom. The molecule has 1 aliphatic rings. The van der Waals surface area contributed by atoms with Gasteiger partial charge in [0.25, 0.3) is 0 Å². The van der Waals surface area contributed by atoms with Crippen molar-refractivity contribution in [3.63, 3.8) is 0 Å². The van der Waals surface area contributed by atoms with Crippen molar-refractivity contribution in [2.75, 3.05) is 23.8 Å². The van der Waals surface area contributed by atoms with Gasteiger partial charge in [-0.1, -0.05) is 0 Å². The van der Waals surface area contributed by atoms with E-state index in [-0.39, 0.29) is 30.7 Å². The second kappa shape index (κ2) is 9.04. The number of aryl methyl sites for hydroxylation is 1. The number of hydrogen-bond acceptors (Lipinski definition) is 6. The van der Waals surface area contributed by atoms with Crippen LogP contribution < -0.4 is 14.8 Å². The molecule has 0 aromatic heterocycles. The molecule has 7 nitrogen and oxygen atoms in total. The molecular formula is C20H23F2IN2O5S. The zero-order valence-electron chi connectivity index (χ0n) is 16.9. The van der Waals surface area contributed by atoms with Crippen molar-refractivity contribution in [1.82, 2.24) is 0 Å². The minimum atomic E-state index is -4.13. The Labute approximate surface area is 193 Å². The van der Waals surface area contributed by atoms with E-state index in [2.05, 4.69) is 32.6 Å². The number of aliphatic hydroxyl groups excluding tert-OH is 2. The third kappa shape index (κ3) is 4.89. The predicted octanol–water partition coefficient (Wildman–Crippen LogP) is 3.65. The Kier molecular flexibility index (Phi) is 6.99. The molecule has 4 N–H and O–H groups in total. The minimum absolute atomic E-state index is 0.177. The van der Waals surface area contributed by atoms with Crippen LogP contribution in [0, 0.1) is 22.1 Å². The van der Waals surface area contributed by atoms with Crippen molar-refractivity contribution in [1.29, 1.82) is 0 Å². The van der Waals surface area contributed by atoms with E-state index < -0.39 is 44.8 Å². The molecule has 31 heavy (non-hydrogen) atoms. The summed E-state index contributed by atoms with van der Waals surface area (Å²) in [6.07, 6.45) is -0.851. The zero-order valence-corrected chi connectivity index (χ0v) is 19.9. The Balaban J connectivity index is 2.06. The molecule has 1 fully saturated rings. The number of methoxy groups -OCH3 is 1. The van der Waals surface area contributed by atoms with Crippen molar-refractivity contribution in [3.8, 4) is 5.75 Å². The van der Waals surface area contributed by atoms with Gasteiger partial charge in [-0.2, -0.15) is 0 Å². The molecule has 2 aromatic rings. The van der Waals surface area contributed by atoms with E-state index >= 15 is 0 Å². The molecule has 0 amide bonds. The molecule has 0 heterocycles. The molecule has 0 saturated heterocycles. The van der Waals surface area contributed by atoms with Crippen molar-refractivity contribution in [3.05, 3.63) is 45.0 Å². The number of nitrogens with one attached hydrogen (secondary N) is 2. The molecule has 11 heteroatoms. The molecule has 0 unspecified atom stereocenters. The van der Waals surface area contributed by atoms with Crippen LogP contribution in [-0.4, -0.2) is 43.2 Å². The highest BCUT2D eigenvalue weighted by Gasteiger charge is 2.55. The second-order valence-electron chi connectivity index (χ2n) is 7.54. The first-order valence-electron chi connectivity index (χ1n) is 9.44. The summed E-state index contributed by atoms with van der Waals surface area (Å²) in [6.45, 7) is 1.20. The molecule has 0 radical (unpaired) electrons. The van der Waals surface area contributed by atoms with Crippen LogP contribution in [0.3, 0.4) is 0 Å². The lowest BCUT2D eigenvalue weighted by molar-refractivity contribution is 0.0858. The second-order valence-corrected chi connectivity index (χ2v) is 10.9. The van der Waals surface area contributed by atoms with Crippen LogP contribution >= 0.6 is 22.6 Å². The van der Waals surface area contributed by atoms with Gasteiger partial charge in [-0.05, 0) is 72.5 Å². The van der Waals surface area contributed by atoms with Gasteiger partial charge in [-0.15, -0.1) is 0 Å². The number of ether oxygens (including phenoxy) is 1. The van der Waals surface area contributed by atoms with Gasteiger partial charge in [-0.25, -0.2) is 17.2 Å². The molecule has 3 rings (SSSR count). The topological polar surface area (TPSA) is 108 Å². The maximum absolute atomic E-state index is 14.8. The number of hydrogen-bond donors (Lipinski definition) is 4. The Morgan fingerprint density at radius 3 is 2.48 bits per heavy atom. The van der Waals surface area contributed by atoms with Gasteiger partial charge in [-0.3, -0.25) is 4.72 Å². The summed E-state index contributed by atoms with van der Waals surface area (Å²) < 4.78 is 62.4. The Bertz CT molecular complexity index is 1090. The smallest absolute Gasteiger partial charge is 0.238 e. The van der Waals surface area contributed by atoms with Crippen LogP contribution in [-0.2, 0) is 10.0 Å². The van der Waals surface area contributed by atoms with E-state index in [0.717, 1.165) is 15.2 Å². The van der Waals surface area contributed by atoms with Gasteiger partial charge >= 0.3 is 0 Å². The summed E-state index contributed by atoms with van der Waals surface area (Å²) in [7, 11) is -2.92. The molecular weight excluding hydrogens is 545 g/mol. The highest BCUT2D eigenvalue weighted by Crippen LogP contribution is 2.49. The van der Waals surface area contributed by atoms with Gasteiger partial charge < -0.3 is 20.3 Å². The number of aliphatic hydroxyl groups is 2. The normalized spacial score (nSPS) is 16.0. The average Bonchev–Trinajstić information content (AvgIpc) is 3.50. The lowest BCUT2D eigenvalue weighted by Crippen LogP contribution is -2.34. The fourth-order valence-corrected chi connectivity index (χ4v) is 5.73. The summed E-state index contributed by atoms with van der Waals surface area (Å²) in [6, 6.07) is 6.04. The fourth-order valence-electron chi connectivity index (χ4n) is 3.34. The van der Waals surface area contributed by atoms with E-state index in [0.29, 0.717) is 5.69 Å². The molecule has 0 aliphatic heterocycles. The maximum Gasteiger partial charge on any atom is 0.238 e. The van der Waals surface area contributed by atoms with E-state index in [1.165, 1.54) is 7.11 Å². The Hall–Kier alpha value is -1.70. The molecule has 0 spiro atoms. The summed E-state index contributed by atoms with van der Waals surface area (Å²) in [4.78, 5) is 0. The molecule has 1 saturated carbocycles. The standard InChI is InChI=1S/C20H23F2IN2O5S/c1-11-7-12(23)3-4-15(11)24-19-17(22)14(21)8-16(30-2)18(19)25-31(28,29)20(5-6-20)9-13(27)10-26/h3-4,7-8,13,24-27H,5-6,9-10H2,1-2H3/t13-/m0/s1. The first-order valence-corrected chi connectivity index (χ1v) is 12.0. The van der Waals surface area contributed by atoms with Crippen LogP contribution in [0.25, 0.3) is 0 Å². The monoisotopic (exact) mass is 568 g/mol. The SMILES string of the molecule is COc1cc(F)c(F)c(Nc2ccc(I)cc2C)c1NS(=O)(=O)C1(C[C@H](O)CO)CC1. The molecule has 0 bridgehead atoms. The van der Waals surface area contributed by atoms with Crippen molar-refractivity contribution in [2.24, 2.45) is 0 Å². The lowest BCUT2D eigenvalue weighted by Gasteiger charge is -2.23. The first kappa shape index (κ1) is 24.0. The van der Waals surface area contributed by atoms with Gasteiger partial charge in [0, 0.05) is 15.3 Å². The van der Waals surface area contributed by atoms with E-state index in [1.807, 2.05) is 6.07 Å². The van der Waals surface area contributed by atoms with Crippen molar-refractivity contribution < 1.29 is 32.1 Å². The minimum Gasteiger partial charge on any atom is -0.494 e. The number of anilines is 3. The van der Waals surface area contributed by atoms with E-state index in [9.17, 15) is 22.3 Å². The number of sulfonamides is 1. The number of rotatable bonds is 9. The Morgan fingerprint density at radius 1 is 1.26 bits per heavy atom. The van der Waals surface area contributed by atoms with Gasteiger partial charge in [0.15, 0.2) is 11.6 Å². The average molecular weight is 568 g/mol. The third-order valence-corrected chi connectivity index (χ3v) is 8.14. The molecule has 1 atom stereocenters. The van der Waals surface area contributed by atoms with Gasteiger partial charge in [0.1, 0.15) is 17.1 Å². The maximum atomic E-state index is 14.8. The largest absolute Gasteiger partial charge is 0.494 e. The first-order chi connectivity index (χ1) is 14.5. The molecule has 170 valence electrons. The zero-order chi connectivity index (χ0) is 23.0. The summed E-state index contributed by atoms with van der Waals surface area (Å²) >= 11 is 2.12. The summed E-state index contributed by atoms with van der Waals surface area (Å²) in [5, 5.41) is 21.6. The van der Waals surface area contributed by atoms with Crippen LogP contribution in [0.15, 0.2) is 24.3 Å². The molecule has 1 aliphatic carbocycles. The number of halogens is 3. The molecule has 2 aromatic carbocycles. The van der Waals surface area contributed by atoms with Crippen LogP contribution in [0.2, 0.25) is 0 Å².